The van der Waals surface area contributed by atoms with Crippen LogP contribution in [0.5, 0.6) is 17.2 Å². The van der Waals surface area contributed by atoms with Crippen LogP contribution in [-0.2, 0) is 4.79 Å². The molecule has 3 rings (SSSR count). The number of methoxy groups -OCH3 is 1. The van der Waals surface area contributed by atoms with Crippen LogP contribution >= 0.6 is 0 Å². The van der Waals surface area contributed by atoms with Crippen LogP contribution in [0.1, 0.15) is 45.2 Å². The average Bonchev–Trinajstić information content (AvgIpc) is 2.65. The minimum atomic E-state index is -0.542. The van der Waals surface area contributed by atoms with Gasteiger partial charge in [-0.1, -0.05) is 25.1 Å². The molecule has 0 spiro atoms. The van der Waals surface area contributed by atoms with Gasteiger partial charge in [-0.15, -0.1) is 0 Å². The monoisotopic (exact) mass is 369 g/mol. The lowest BCUT2D eigenvalue weighted by Gasteiger charge is -2.38. The largest absolute Gasteiger partial charge is 0.497 e. The third kappa shape index (κ3) is 4.54. The fraction of sp³-hybridized carbons (Fsp3) is 0.409. The van der Waals surface area contributed by atoms with Crippen molar-refractivity contribution in [1.29, 1.82) is 0 Å². The van der Waals surface area contributed by atoms with Crippen molar-refractivity contribution in [3.63, 3.8) is 0 Å². The fourth-order valence-corrected chi connectivity index (χ4v) is 3.34. The Labute approximate surface area is 160 Å². The van der Waals surface area contributed by atoms with Crippen molar-refractivity contribution in [2.75, 3.05) is 7.11 Å². The molecule has 1 heterocycles. The van der Waals surface area contributed by atoms with Crippen LogP contribution < -0.4 is 19.5 Å². The van der Waals surface area contributed by atoms with Crippen LogP contribution in [0.3, 0.4) is 0 Å². The summed E-state index contributed by atoms with van der Waals surface area (Å²) >= 11 is 0. The number of carbonyl (C=O) groups is 1. The molecule has 0 aromatic heterocycles. The minimum Gasteiger partial charge on any atom is -0.497 e. The van der Waals surface area contributed by atoms with Crippen LogP contribution in [0.4, 0.5) is 0 Å². The third-order valence-corrected chi connectivity index (χ3v) is 4.68. The van der Waals surface area contributed by atoms with E-state index in [1.807, 2.05) is 69.3 Å². The van der Waals surface area contributed by atoms with E-state index in [1.165, 1.54) is 0 Å². The molecular weight excluding hydrogens is 342 g/mol. The zero-order chi connectivity index (χ0) is 19.4. The second-order valence-electron chi connectivity index (χ2n) is 7.36. The lowest BCUT2D eigenvalue weighted by atomic mass is 9.89. The van der Waals surface area contributed by atoms with Crippen molar-refractivity contribution in [1.82, 2.24) is 5.32 Å². The second kappa shape index (κ2) is 7.91. The summed E-state index contributed by atoms with van der Waals surface area (Å²) in [6.45, 7) is 5.98. The van der Waals surface area contributed by atoms with Gasteiger partial charge in [-0.05, 0) is 44.5 Å². The quantitative estimate of drug-likeness (QED) is 0.826. The highest BCUT2D eigenvalue weighted by Crippen LogP contribution is 2.41. The van der Waals surface area contributed by atoms with E-state index in [-0.39, 0.29) is 17.6 Å². The normalized spacial score (nSPS) is 18.6. The van der Waals surface area contributed by atoms with Crippen LogP contribution in [0.15, 0.2) is 48.5 Å². The molecule has 0 fully saturated rings. The first-order valence-corrected chi connectivity index (χ1v) is 9.31. The molecule has 5 heteroatoms. The van der Waals surface area contributed by atoms with Gasteiger partial charge in [0.1, 0.15) is 22.8 Å². The molecule has 1 aliphatic heterocycles. The number of amides is 1. The Morgan fingerprint density at radius 3 is 2.63 bits per heavy atom. The van der Waals surface area contributed by atoms with Crippen molar-refractivity contribution in [2.45, 2.75) is 51.4 Å². The first-order chi connectivity index (χ1) is 12.9. The Balaban J connectivity index is 1.78. The lowest BCUT2D eigenvalue weighted by molar-refractivity contribution is -0.129. The van der Waals surface area contributed by atoms with Crippen molar-refractivity contribution in [2.24, 2.45) is 0 Å². The van der Waals surface area contributed by atoms with E-state index >= 15 is 0 Å². The summed E-state index contributed by atoms with van der Waals surface area (Å²) in [6, 6.07) is 15.0. The SMILES string of the molecule is CC[C@@H](Oc1ccccc1)C(=O)N[C@H]1CC(C)(C)Oc2cc(OC)ccc21. The van der Waals surface area contributed by atoms with Gasteiger partial charge in [0, 0.05) is 18.1 Å². The summed E-state index contributed by atoms with van der Waals surface area (Å²) in [6.07, 6.45) is 0.725. The number of hydrogen-bond acceptors (Lipinski definition) is 4. The first-order valence-electron chi connectivity index (χ1n) is 9.31. The van der Waals surface area contributed by atoms with Crippen LogP contribution in [0.25, 0.3) is 0 Å². The number of rotatable bonds is 6. The van der Waals surface area contributed by atoms with Gasteiger partial charge in [-0.2, -0.15) is 0 Å². The predicted octanol–water partition coefficient (Wildman–Crippen LogP) is 4.27. The Morgan fingerprint density at radius 2 is 1.96 bits per heavy atom. The maximum atomic E-state index is 12.9. The summed E-state index contributed by atoms with van der Waals surface area (Å²) in [5.41, 5.74) is 0.567. The molecule has 2 aromatic rings. The van der Waals surface area contributed by atoms with Crippen molar-refractivity contribution < 1.29 is 19.0 Å². The van der Waals surface area contributed by atoms with E-state index in [1.54, 1.807) is 7.11 Å². The number of para-hydroxylation sites is 1. The molecule has 0 saturated heterocycles. The minimum absolute atomic E-state index is 0.120. The van der Waals surface area contributed by atoms with Gasteiger partial charge < -0.3 is 19.5 Å². The number of hydrogen-bond donors (Lipinski definition) is 1. The topological polar surface area (TPSA) is 56.8 Å². The van der Waals surface area contributed by atoms with Gasteiger partial charge in [0.05, 0.1) is 13.2 Å². The van der Waals surface area contributed by atoms with Gasteiger partial charge in [0.25, 0.3) is 5.91 Å². The summed E-state index contributed by atoms with van der Waals surface area (Å²) in [4.78, 5) is 12.9. The molecule has 2 aromatic carbocycles. The maximum Gasteiger partial charge on any atom is 0.261 e. The van der Waals surface area contributed by atoms with Crippen LogP contribution in [0, 0.1) is 0 Å². The molecule has 0 bridgehead atoms. The molecule has 1 aliphatic rings. The number of ether oxygens (including phenoxy) is 3. The van der Waals surface area contributed by atoms with E-state index in [0.29, 0.717) is 18.6 Å². The highest BCUT2D eigenvalue weighted by Gasteiger charge is 2.36. The van der Waals surface area contributed by atoms with E-state index in [4.69, 9.17) is 14.2 Å². The summed E-state index contributed by atoms with van der Waals surface area (Å²) in [5.74, 6) is 2.05. The number of carbonyl (C=O) groups excluding carboxylic acids is 1. The summed E-state index contributed by atoms with van der Waals surface area (Å²) in [5, 5.41) is 3.15. The first kappa shape index (κ1) is 19.1. The Kier molecular flexibility index (Phi) is 5.59. The van der Waals surface area contributed by atoms with Gasteiger partial charge in [-0.3, -0.25) is 4.79 Å². The van der Waals surface area contributed by atoms with E-state index in [0.717, 1.165) is 17.1 Å². The zero-order valence-corrected chi connectivity index (χ0v) is 16.3. The Hall–Kier alpha value is -2.69. The maximum absolute atomic E-state index is 12.9. The highest BCUT2D eigenvalue weighted by atomic mass is 16.5. The molecule has 1 amide bonds. The van der Waals surface area contributed by atoms with Crippen LogP contribution in [-0.4, -0.2) is 24.7 Å². The highest BCUT2D eigenvalue weighted by molar-refractivity contribution is 5.81. The smallest absolute Gasteiger partial charge is 0.261 e. The zero-order valence-electron chi connectivity index (χ0n) is 16.3. The number of nitrogens with one attached hydrogen (secondary N) is 1. The van der Waals surface area contributed by atoms with Crippen molar-refractivity contribution >= 4 is 5.91 Å². The van der Waals surface area contributed by atoms with E-state index < -0.39 is 6.10 Å². The fourth-order valence-electron chi connectivity index (χ4n) is 3.34. The molecule has 27 heavy (non-hydrogen) atoms. The number of fused-ring (bicyclic) bond motifs is 1. The molecule has 0 unspecified atom stereocenters. The van der Waals surface area contributed by atoms with E-state index in [2.05, 4.69) is 5.32 Å². The van der Waals surface area contributed by atoms with Crippen molar-refractivity contribution in [3.8, 4) is 17.2 Å². The summed E-state index contributed by atoms with van der Waals surface area (Å²) in [7, 11) is 1.63. The Morgan fingerprint density at radius 1 is 1.22 bits per heavy atom. The molecule has 1 N–H and O–H groups in total. The molecule has 5 nitrogen and oxygen atoms in total. The molecule has 2 atom stereocenters. The third-order valence-electron chi connectivity index (χ3n) is 4.68. The van der Waals surface area contributed by atoms with E-state index in [9.17, 15) is 4.79 Å². The molecule has 144 valence electrons. The van der Waals surface area contributed by atoms with Crippen LogP contribution in [0.2, 0.25) is 0 Å². The lowest BCUT2D eigenvalue weighted by Crippen LogP contribution is -2.45. The van der Waals surface area contributed by atoms with Gasteiger partial charge in [-0.25, -0.2) is 0 Å². The molecule has 0 aliphatic carbocycles. The van der Waals surface area contributed by atoms with Gasteiger partial charge >= 0.3 is 0 Å². The number of benzene rings is 2. The Bertz CT molecular complexity index is 788. The van der Waals surface area contributed by atoms with Gasteiger partial charge in [0.2, 0.25) is 0 Å². The summed E-state index contributed by atoms with van der Waals surface area (Å²) < 4.78 is 17.3. The van der Waals surface area contributed by atoms with Gasteiger partial charge in [0.15, 0.2) is 6.10 Å². The molecule has 0 radical (unpaired) electrons. The molecule has 0 saturated carbocycles. The molecular formula is C22H27NO4. The standard InChI is InChI=1S/C22H27NO4/c1-5-19(26-15-9-7-6-8-10-15)21(24)23-18-14-22(2,3)27-20-13-16(25-4)11-12-17(18)20/h6-13,18-19H,5,14H2,1-4H3,(H,23,24)/t18-,19+/m0/s1. The van der Waals surface area contributed by atoms with Crippen molar-refractivity contribution in [3.05, 3.63) is 54.1 Å². The predicted molar refractivity (Wildman–Crippen MR) is 104 cm³/mol. The average molecular weight is 369 g/mol. The second-order valence-corrected chi connectivity index (χ2v) is 7.36.